The maximum atomic E-state index is 13.3. The molecule has 138 valence electrons. The molecule has 0 bridgehead atoms. The number of hydrogen-bond acceptors (Lipinski definition) is 4. The molecule has 0 spiro atoms. The summed E-state index contributed by atoms with van der Waals surface area (Å²) in [4.78, 5) is 16.2. The fraction of sp³-hybridized carbons (Fsp3) is 0.100. The first-order valence-electron chi connectivity index (χ1n) is 8.03. The van der Waals surface area contributed by atoms with Gasteiger partial charge < -0.3 is 14.8 Å². The quantitative estimate of drug-likeness (QED) is 0.707. The number of methoxy groups -OCH3 is 1. The average molecular weight is 370 g/mol. The Morgan fingerprint density at radius 3 is 2.48 bits per heavy atom. The summed E-state index contributed by atoms with van der Waals surface area (Å²) in [5.41, 5.74) is 1.35. The Labute approximate surface area is 154 Å². The molecular weight excluding hydrogens is 354 g/mol. The lowest BCUT2D eigenvalue weighted by Crippen LogP contribution is -2.12. The van der Waals surface area contributed by atoms with Crippen molar-refractivity contribution in [3.63, 3.8) is 0 Å². The van der Waals surface area contributed by atoms with Gasteiger partial charge in [-0.2, -0.15) is 0 Å². The molecule has 1 heterocycles. The fourth-order valence-electron chi connectivity index (χ4n) is 2.35. The van der Waals surface area contributed by atoms with Gasteiger partial charge in [0.15, 0.2) is 23.1 Å². The molecule has 2 aromatic carbocycles. The van der Waals surface area contributed by atoms with E-state index in [4.69, 9.17) is 9.47 Å². The SMILES string of the molecule is COc1ccc(NC(=O)c2ccc(F)c(F)c2)cc1OCc1ccncc1. The zero-order chi connectivity index (χ0) is 19.2. The lowest BCUT2D eigenvalue weighted by atomic mass is 10.2. The summed E-state index contributed by atoms with van der Waals surface area (Å²) in [5, 5.41) is 2.62. The van der Waals surface area contributed by atoms with Crippen LogP contribution in [0.4, 0.5) is 14.5 Å². The second kappa shape index (κ2) is 8.27. The minimum absolute atomic E-state index is 0.00368. The molecule has 0 saturated carbocycles. The monoisotopic (exact) mass is 370 g/mol. The van der Waals surface area contributed by atoms with Crippen LogP contribution < -0.4 is 14.8 Å². The zero-order valence-corrected chi connectivity index (χ0v) is 14.4. The van der Waals surface area contributed by atoms with E-state index in [1.165, 1.54) is 13.2 Å². The average Bonchev–Trinajstić information content (AvgIpc) is 2.69. The first kappa shape index (κ1) is 18.3. The maximum absolute atomic E-state index is 13.3. The van der Waals surface area contributed by atoms with Crippen molar-refractivity contribution in [1.82, 2.24) is 4.98 Å². The van der Waals surface area contributed by atoms with Crippen molar-refractivity contribution < 1.29 is 23.0 Å². The molecular formula is C20H16F2N2O3. The Morgan fingerprint density at radius 1 is 1.00 bits per heavy atom. The van der Waals surface area contributed by atoms with Crippen LogP contribution in [0.1, 0.15) is 15.9 Å². The van der Waals surface area contributed by atoms with Crippen molar-refractivity contribution in [2.45, 2.75) is 6.61 Å². The number of ether oxygens (including phenoxy) is 2. The molecule has 1 amide bonds. The van der Waals surface area contributed by atoms with Gasteiger partial charge in [-0.05, 0) is 48.0 Å². The van der Waals surface area contributed by atoms with Gasteiger partial charge in [0.25, 0.3) is 5.91 Å². The summed E-state index contributed by atoms with van der Waals surface area (Å²) in [7, 11) is 1.51. The van der Waals surface area contributed by atoms with Crippen LogP contribution in [0.3, 0.4) is 0 Å². The Balaban J connectivity index is 1.75. The Bertz CT molecular complexity index is 949. The highest BCUT2D eigenvalue weighted by Crippen LogP contribution is 2.31. The van der Waals surface area contributed by atoms with E-state index in [2.05, 4.69) is 10.3 Å². The van der Waals surface area contributed by atoms with Gasteiger partial charge in [-0.25, -0.2) is 8.78 Å². The van der Waals surface area contributed by atoms with Gasteiger partial charge in [0.2, 0.25) is 0 Å². The van der Waals surface area contributed by atoms with Crippen molar-refractivity contribution in [1.29, 1.82) is 0 Å². The van der Waals surface area contributed by atoms with Crippen LogP contribution in [-0.2, 0) is 6.61 Å². The molecule has 3 aromatic rings. The van der Waals surface area contributed by atoms with Crippen molar-refractivity contribution in [3.8, 4) is 11.5 Å². The van der Waals surface area contributed by atoms with Crippen LogP contribution in [0.2, 0.25) is 0 Å². The molecule has 0 aliphatic carbocycles. The predicted octanol–water partition coefficient (Wildman–Crippen LogP) is 4.20. The molecule has 1 aromatic heterocycles. The van der Waals surface area contributed by atoms with Crippen molar-refractivity contribution in [2.75, 3.05) is 12.4 Å². The predicted molar refractivity (Wildman–Crippen MR) is 95.9 cm³/mol. The molecule has 1 N–H and O–H groups in total. The van der Waals surface area contributed by atoms with Crippen molar-refractivity contribution in [3.05, 3.63) is 83.7 Å². The number of carbonyl (C=O) groups is 1. The van der Waals surface area contributed by atoms with Gasteiger partial charge in [0.1, 0.15) is 6.61 Å². The Kier molecular flexibility index (Phi) is 5.61. The number of anilines is 1. The minimum Gasteiger partial charge on any atom is -0.493 e. The molecule has 7 heteroatoms. The van der Waals surface area contributed by atoms with E-state index in [-0.39, 0.29) is 5.56 Å². The number of nitrogens with zero attached hydrogens (tertiary/aromatic N) is 1. The summed E-state index contributed by atoms with van der Waals surface area (Å²) in [6.45, 7) is 0.291. The van der Waals surface area contributed by atoms with E-state index in [0.29, 0.717) is 23.8 Å². The smallest absolute Gasteiger partial charge is 0.255 e. The van der Waals surface area contributed by atoms with Crippen LogP contribution >= 0.6 is 0 Å². The molecule has 0 unspecified atom stereocenters. The Morgan fingerprint density at radius 2 is 1.78 bits per heavy atom. The number of nitrogens with one attached hydrogen (secondary N) is 1. The second-order valence-electron chi connectivity index (χ2n) is 5.59. The number of aromatic nitrogens is 1. The zero-order valence-electron chi connectivity index (χ0n) is 14.4. The third kappa shape index (κ3) is 4.58. The van der Waals surface area contributed by atoms with Gasteiger partial charge in [0, 0.05) is 29.7 Å². The molecule has 3 rings (SSSR count). The van der Waals surface area contributed by atoms with Gasteiger partial charge in [-0.1, -0.05) is 0 Å². The van der Waals surface area contributed by atoms with Crippen molar-refractivity contribution >= 4 is 11.6 Å². The summed E-state index contributed by atoms with van der Waals surface area (Å²) >= 11 is 0. The number of rotatable bonds is 6. The summed E-state index contributed by atoms with van der Waals surface area (Å²) in [6.07, 6.45) is 3.32. The first-order chi connectivity index (χ1) is 13.1. The number of hydrogen-bond donors (Lipinski definition) is 1. The largest absolute Gasteiger partial charge is 0.493 e. The van der Waals surface area contributed by atoms with E-state index in [9.17, 15) is 13.6 Å². The van der Waals surface area contributed by atoms with Crippen LogP contribution in [0.25, 0.3) is 0 Å². The maximum Gasteiger partial charge on any atom is 0.255 e. The standard InChI is InChI=1S/C20H16F2N2O3/c1-26-18-5-3-15(11-19(18)27-12-13-6-8-23-9-7-13)24-20(25)14-2-4-16(21)17(22)10-14/h2-11H,12H2,1H3,(H,24,25). The first-order valence-corrected chi connectivity index (χ1v) is 8.03. The number of halogens is 2. The third-order valence-electron chi connectivity index (χ3n) is 3.75. The second-order valence-corrected chi connectivity index (χ2v) is 5.59. The van der Waals surface area contributed by atoms with Gasteiger partial charge in [0.05, 0.1) is 7.11 Å². The van der Waals surface area contributed by atoms with Gasteiger partial charge >= 0.3 is 0 Å². The number of carbonyl (C=O) groups excluding carboxylic acids is 1. The number of amides is 1. The van der Waals surface area contributed by atoms with E-state index >= 15 is 0 Å². The molecule has 5 nitrogen and oxygen atoms in total. The third-order valence-corrected chi connectivity index (χ3v) is 3.75. The van der Waals surface area contributed by atoms with E-state index < -0.39 is 17.5 Å². The molecule has 0 atom stereocenters. The lowest BCUT2D eigenvalue weighted by molar-refractivity contribution is 0.102. The van der Waals surface area contributed by atoms with E-state index in [0.717, 1.165) is 17.7 Å². The van der Waals surface area contributed by atoms with E-state index in [1.54, 1.807) is 30.6 Å². The molecule has 0 fully saturated rings. The van der Waals surface area contributed by atoms with Crippen LogP contribution in [0, 0.1) is 11.6 Å². The number of pyridine rings is 1. The normalized spacial score (nSPS) is 10.3. The van der Waals surface area contributed by atoms with Gasteiger partial charge in [-0.15, -0.1) is 0 Å². The van der Waals surface area contributed by atoms with Gasteiger partial charge in [-0.3, -0.25) is 9.78 Å². The number of benzene rings is 2. The summed E-state index contributed by atoms with van der Waals surface area (Å²) in [6, 6.07) is 11.5. The minimum atomic E-state index is -1.08. The molecule has 0 aliphatic heterocycles. The van der Waals surface area contributed by atoms with Crippen LogP contribution in [-0.4, -0.2) is 18.0 Å². The van der Waals surface area contributed by atoms with Crippen molar-refractivity contribution in [2.24, 2.45) is 0 Å². The highest BCUT2D eigenvalue weighted by atomic mass is 19.2. The molecule has 0 saturated heterocycles. The summed E-state index contributed by atoms with van der Waals surface area (Å²) < 4.78 is 37.3. The van der Waals surface area contributed by atoms with Crippen LogP contribution in [0.5, 0.6) is 11.5 Å². The lowest BCUT2D eigenvalue weighted by Gasteiger charge is -2.13. The molecule has 0 radical (unpaired) electrons. The summed E-state index contributed by atoms with van der Waals surface area (Å²) in [5.74, 6) is -1.74. The molecule has 0 aliphatic rings. The highest BCUT2D eigenvalue weighted by molar-refractivity contribution is 6.04. The van der Waals surface area contributed by atoms with Crippen LogP contribution in [0.15, 0.2) is 60.9 Å². The topological polar surface area (TPSA) is 60.5 Å². The van der Waals surface area contributed by atoms with E-state index in [1.807, 2.05) is 12.1 Å². The molecule has 27 heavy (non-hydrogen) atoms. The highest BCUT2D eigenvalue weighted by Gasteiger charge is 2.12. The fourth-order valence-corrected chi connectivity index (χ4v) is 2.35. The Hall–Kier alpha value is -3.48.